The molecule has 0 aliphatic heterocycles. The van der Waals surface area contributed by atoms with Crippen LogP contribution in [-0.2, 0) is 11.2 Å². The number of hydrogen-bond acceptors (Lipinski definition) is 3. The van der Waals surface area contributed by atoms with E-state index in [4.69, 9.17) is 4.74 Å². The molecule has 1 heterocycles. The predicted molar refractivity (Wildman–Crippen MR) is 105 cm³/mol. The van der Waals surface area contributed by atoms with Gasteiger partial charge in [0, 0.05) is 29.8 Å². The summed E-state index contributed by atoms with van der Waals surface area (Å²) < 4.78 is 5.53. The number of nitrogens with zero attached hydrogens (tertiary/aromatic N) is 1. The van der Waals surface area contributed by atoms with Crippen molar-refractivity contribution < 1.29 is 9.53 Å². The number of carbonyl (C=O) groups excluding carboxylic acids is 1. The maximum absolute atomic E-state index is 11.1. The largest absolute Gasteiger partial charge is 0.478 e. The molecule has 2 rings (SSSR count). The molecule has 136 valence electrons. The summed E-state index contributed by atoms with van der Waals surface area (Å²) in [5.41, 5.74) is 3.16. The second kappa shape index (κ2) is 10.4. The quantitative estimate of drug-likeness (QED) is 0.642. The lowest BCUT2D eigenvalue weighted by Crippen LogP contribution is -2.03. The Labute approximate surface area is 156 Å². The molecule has 3 heteroatoms. The number of Topliss-reactive ketones (excluding diaryl/α,β-unsaturated/α-hetero) is 1. The normalized spacial score (nSPS) is 11.3. The topological polar surface area (TPSA) is 39.2 Å². The number of ketones is 1. The van der Waals surface area contributed by atoms with E-state index in [-0.39, 0.29) is 5.78 Å². The minimum Gasteiger partial charge on any atom is -0.478 e. The van der Waals surface area contributed by atoms with E-state index >= 15 is 0 Å². The Bertz CT molecular complexity index is 769. The van der Waals surface area contributed by atoms with Gasteiger partial charge in [-0.1, -0.05) is 37.8 Å². The molecule has 1 atom stereocenters. The molecule has 0 saturated heterocycles. The highest BCUT2D eigenvalue weighted by molar-refractivity contribution is 5.75. The zero-order chi connectivity index (χ0) is 18.8. The van der Waals surface area contributed by atoms with Crippen LogP contribution >= 0.6 is 0 Å². The summed E-state index contributed by atoms with van der Waals surface area (Å²) >= 11 is 0. The SMILES string of the molecule is CCCOc1cc(C#Cc2ccc(CCC(C)CC(C)=O)cc2)ccn1. The van der Waals surface area contributed by atoms with Gasteiger partial charge in [-0.2, -0.15) is 0 Å². The van der Waals surface area contributed by atoms with Gasteiger partial charge in [-0.15, -0.1) is 0 Å². The number of hydrogen-bond donors (Lipinski definition) is 0. The van der Waals surface area contributed by atoms with Gasteiger partial charge in [0.25, 0.3) is 0 Å². The molecule has 0 aliphatic carbocycles. The molecule has 1 aromatic carbocycles. The zero-order valence-corrected chi connectivity index (χ0v) is 15.9. The number of aryl methyl sites for hydroxylation is 1. The number of benzene rings is 1. The Morgan fingerprint density at radius 1 is 1.15 bits per heavy atom. The van der Waals surface area contributed by atoms with Crippen LogP contribution in [0.4, 0.5) is 0 Å². The van der Waals surface area contributed by atoms with Crippen molar-refractivity contribution in [1.82, 2.24) is 4.98 Å². The van der Waals surface area contributed by atoms with Gasteiger partial charge >= 0.3 is 0 Å². The lowest BCUT2D eigenvalue weighted by molar-refractivity contribution is -0.117. The Morgan fingerprint density at radius 2 is 1.88 bits per heavy atom. The molecule has 0 bridgehead atoms. The van der Waals surface area contributed by atoms with Crippen molar-refractivity contribution in [3.05, 3.63) is 59.3 Å². The van der Waals surface area contributed by atoms with E-state index in [0.717, 1.165) is 30.4 Å². The molecule has 26 heavy (non-hydrogen) atoms. The second-order valence-electron chi connectivity index (χ2n) is 6.73. The molecule has 0 radical (unpaired) electrons. The van der Waals surface area contributed by atoms with Crippen LogP contribution in [-0.4, -0.2) is 17.4 Å². The molecule has 0 aliphatic rings. The van der Waals surface area contributed by atoms with Crippen LogP contribution in [0.5, 0.6) is 5.88 Å². The molecule has 0 amide bonds. The summed E-state index contributed by atoms with van der Waals surface area (Å²) in [6.45, 7) is 6.52. The molecule has 0 saturated carbocycles. The first-order valence-electron chi connectivity index (χ1n) is 9.26. The first-order chi connectivity index (χ1) is 12.6. The molecule has 0 spiro atoms. The average molecular weight is 349 g/mol. The number of rotatable bonds is 8. The van der Waals surface area contributed by atoms with Crippen LogP contribution in [0.3, 0.4) is 0 Å². The third-order valence-electron chi connectivity index (χ3n) is 4.06. The van der Waals surface area contributed by atoms with Crippen LogP contribution in [0.15, 0.2) is 42.6 Å². The van der Waals surface area contributed by atoms with Crippen LogP contribution in [0, 0.1) is 17.8 Å². The fraction of sp³-hybridized carbons (Fsp3) is 0.391. The molecule has 3 nitrogen and oxygen atoms in total. The Morgan fingerprint density at radius 3 is 2.58 bits per heavy atom. The van der Waals surface area contributed by atoms with Crippen molar-refractivity contribution in [2.24, 2.45) is 5.92 Å². The summed E-state index contributed by atoms with van der Waals surface area (Å²) in [4.78, 5) is 15.3. The zero-order valence-electron chi connectivity index (χ0n) is 15.9. The fourth-order valence-corrected chi connectivity index (χ4v) is 2.68. The minimum atomic E-state index is 0.266. The van der Waals surface area contributed by atoms with Crippen LogP contribution < -0.4 is 4.74 Å². The number of carbonyl (C=O) groups is 1. The Balaban J connectivity index is 1.93. The highest BCUT2D eigenvalue weighted by atomic mass is 16.5. The fourth-order valence-electron chi connectivity index (χ4n) is 2.68. The van der Waals surface area contributed by atoms with E-state index in [1.807, 2.05) is 24.3 Å². The Hall–Kier alpha value is -2.60. The number of pyridine rings is 1. The minimum absolute atomic E-state index is 0.266. The summed E-state index contributed by atoms with van der Waals surface area (Å²) in [7, 11) is 0. The monoisotopic (exact) mass is 349 g/mol. The van der Waals surface area contributed by atoms with Gasteiger partial charge in [0.05, 0.1) is 6.61 Å². The molecular weight excluding hydrogens is 322 g/mol. The summed E-state index contributed by atoms with van der Waals surface area (Å²) in [6, 6.07) is 12.1. The van der Waals surface area contributed by atoms with Crippen molar-refractivity contribution in [2.45, 2.75) is 46.5 Å². The van der Waals surface area contributed by atoms with Crippen LogP contribution in [0.2, 0.25) is 0 Å². The average Bonchev–Trinajstić information content (AvgIpc) is 2.63. The third-order valence-corrected chi connectivity index (χ3v) is 4.06. The van der Waals surface area contributed by atoms with Gasteiger partial charge in [0.15, 0.2) is 0 Å². The van der Waals surface area contributed by atoms with Crippen molar-refractivity contribution >= 4 is 5.78 Å². The summed E-state index contributed by atoms with van der Waals surface area (Å²) in [5, 5.41) is 0. The molecular formula is C23H27NO2. The van der Waals surface area contributed by atoms with Gasteiger partial charge < -0.3 is 9.53 Å². The van der Waals surface area contributed by atoms with Gasteiger partial charge in [0.1, 0.15) is 5.78 Å². The molecule has 0 N–H and O–H groups in total. The lowest BCUT2D eigenvalue weighted by Gasteiger charge is -2.08. The van der Waals surface area contributed by atoms with Crippen LogP contribution in [0.25, 0.3) is 0 Å². The smallest absolute Gasteiger partial charge is 0.214 e. The van der Waals surface area contributed by atoms with Crippen molar-refractivity contribution in [2.75, 3.05) is 6.61 Å². The van der Waals surface area contributed by atoms with Gasteiger partial charge in [-0.05, 0) is 55.9 Å². The first kappa shape index (κ1) is 19.7. The molecule has 0 fully saturated rings. The van der Waals surface area contributed by atoms with E-state index in [2.05, 4.69) is 42.8 Å². The number of aromatic nitrogens is 1. The predicted octanol–water partition coefficient (Wildman–Crippen LogP) is 4.82. The molecule has 2 aromatic rings. The molecule has 1 unspecified atom stereocenters. The number of ether oxygens (including phenoxy) is 1. The van der Waals surface area contributed by atoms with Gasteiger partial charge in [-0.25, -0.2) is 4.98 Å². The van der Waals surface area contributed by atoms with E-state index < -0.39 is 0 Å². The van der Waals surface area contributed by atoms with Crippen molar-refractivity contribution in [3.8, 4) is 17.7 Å². The van der Waals surface area contributed by atoms with Gasteiger partial charge in [0.2, 0.25) is 5.88 Å². The van der Waals surface area contributed by atoms with Gasteiger partial charge in [-0.3, -0.25) is 0 Å². The highest BCUT2D eigenvalue weighted by Crippen LogP contribution is 2.14. The maximum atomic E-state index is 11.1. The maximum Gasteiger partial charge on any atom is 0.214 e. The summed E-state index contributed by atoms with van der Waals surface area (Å²) in [5.74, 6) is 7.66. The van der Waals surface area contributed by atoms with E-state index in [1.54, 1.807) is 13.1 Å². The second-order valence-corrected chi connectivity index (χ2v) is 6.73. The first-order valence-corrected chi connectivity index (χ1v) is 9.26. The lowest BCUT2D eigenvalue weighted by atomic mass is 9.96. The van der Waals surface area contributed by atoms with Crippen LogP contribution in [0.1, 0.15) is 56.7 Å². The van der Waals surface area contributed by atoms with E-state index in [1.165, 1.54) is 5.56 Å². The van der Waals surface area contributed by atoms with E-state index in [9.17, 15) is 4.79 Å². The highest BCUT2D eigenvalue weighted by Gasteiger charge is 2.05. The van der Waals surface area contributed by atoms with Crippen molar-refractivity contribution in [3.63, 3.8) is 0 Å². The Kier molecular flexibility index (Phi) is 7.89. The van der Waals surface area contributed by atoms with Crippen molar-refractivity contribution in [1.29, 1.82) is 0 Å². The third kappa shape index (κ3) is 7.11. The van der Waals surface area contributed by atoms with E-state index in [0.29, 0.717) is 24.8 Å². The standard InChI is InChI=1S/C23H27NO2/c1-4-15-26-23-17-22(13-14-24-23)12-11-21-9-7-20(8-10-21)6-5-18(2)16-19(3)25/h7-10,13-14,17-18H,4-6,15-16H2,1-3H3. The molecule has 1 aromatic heterocycles. The summed E-state index contributed by atoms with van der Waals surface area (Å²) in [6.07, 6.45) is 5.37.